The number of hydroxylamine groups is 2. The second-order valence-corrected chi connectivity index (χ2v) is 11.7. The number of nitrogens with zero attached hydrogens (tertiary/aromatic N) is 4. The first-order chi connectivity index (χ1) is 20.2. The number of carboxylic acid groups (broad SMARTS) is 1. The first-order valence-electron chi connectivity index (χ1n) is 12.9. The Bertz CT molecular complexity index is 1490. The van der Waals surface area contributed by atoms with Gasteiger partial charge in [0, 0.05) is 42.3 Å². The Labute approximate surface area is 251 Å². The van der Waals surface area contributed by atoms with Crippen LogP contribution in [0.2, 0.25) is 5.02 Å². The van der Waals surface area contributed by atoms with E-state index in [-0.39, 0.29) is 48.8 Å². The third-order valence-electron chi connectivity index (χ3n) is 7.57. The van der Waals surface area contributed by atoms with Crippen molar-refractivity contribution in [1.82, 2.24) is 20.3 Å². The van der Waals surface area contributed by atoms with Gasteiger partial charge in [0.2, 0.25) is 0 Å². The van der Waals surface area contributed by atoms with Crippen LogP contribution in [-0.2, 0) is 19.2 Å². The molecule has 2 fully saturated rings. The normalized spacial score (nSPS) is 25.2. The fraction of sp³-hybridized carbons (Fsp3) is 0.462. The number of methoxy groups -OCH3 is 1. The molecule has 0 amide bonds. The highest BCUT2D eigenvalue weighted by Gasteiger charge is 2.61. The summed E-state index contributed by atoms with van der Waals surface area (Å²) in [5.41, 5.74) is -2.26. The van der Waals surface area contributed by atoms with Crippen molar-refractivity contribution in [3.05, 3.63) is 62.2 Å². The molecule has 0 spiro atoms. The fourth-order valence-electron chi connectivity index (χ4n) is 5.33. The van der Waals surface area contributed by atoms with Crippen molar-refractivity contribution in [2.45, 2.75) is 43.0 Å². The van der Waals surface area contributed by atoms with E-state index in [2.05, 4.69) is 15.3 Å². The molecule has 5 rings (SSSR count). The number of thiazole rings is 1. The molecule has 1 aromatic heterocycles. The molecular formula is C26H26ClF4N5O6S. The zero-order valence-electron chi connectivity index (χ0n) is 22.7. The maximum absolute atomic E-state index is 15.4. The Hall–Kier alpha value is -3.15. The summed E-state index contributed by atoms with van der Waals surface area (Å²) in [6.07, 6.45) is 1.13. The minimum Gasteiger partial charge on any atom is -0.479 e. The number of carbonyl (C=O) groups is 2. The van der Waals surface area contributed by atoms with Crippen LogP contribution in [0.1, 0.15) is 30.0 Å². The van der Waals surface area contributed by atoms with Crippen LogP contribution in [-0.4, -0.2) is 99.9 Å². The van der Waals surface area contributed by atoms with Gasteiger partial charge < -0.3 is 20.3 Å². The van der Waals surface area contributed by atoms with Crippen LogP contribution in [0.25, 0.3) is 0 Å². The van der Waals surface area contributed by atoms with Gasteiger partial charge in [0.1, 0.15) is 12.1 Å². The van der Waals surface area contributed by atoms with Gasteiger partial charge in [0.25, 0.3) is 5.92 Å². The number of aliphatic hydroxyl groups is 1. The predicted molar refractivity (Wildman–Crippen MR) is 145 cm³/mol. The van der Waals surface area contributed by atoms with E-state index in [1.807, 2.05) is 0 Å². The molecule has 43 heavy (non-hydrogen) atoms. The number of aliphatic imine (C=N–C) groups is 1. The number of esters is 1. The average Bonchev–Trinajstić information content (AvgIpc) is 3.69. The number of hydrogen-bond donors (Lipinski definition) is 3. The SMILES string of the molecule is COC(=O)C1=C(CN2CC(F)(F)[C@H]3[C@@H]2CON3CC[C@@](C)(O)C(=O)O)NC(c2nccs2)=N[C@H]1c1ccc(F)c(F)c1Cl. The van der Waals surface area contributed by atoms with Gasteiger partial charge >= 0.3 is 11.9 Å². The topological polar surface area (TPSA) is 137 Å². The molecular weight excluding hydrogens is 622 g/mol. The Morgan fingerprint density at radius 3 is 2.74 bits per heavy atom. The Balaban J connectivity index is 1.51. The van der Waals surface area contributed by atoms with Gasteiger partial charge in [-0.2, -0.15) is 5.06 Å². The molecule has 0 aliphatic carbocycles. The number of halogens is 5. The maximum atomic E-state index is 15.4. The molecule has 3 aliphatic heterocycles. The number of rotatable bonds is 9. The Morgan fingerprint density at radius 2 is 2.09 bits per heavy atom. The van der Waals surface area contributed by atoms with Crippen LogP contribution < -0.4 is 5.32 Å². The molecule has 1 aromatic carbocycles. The zero-order chi connectivity index (χ0) is 31.3. The molecule has 4 atom stereocenters. The van der Waals surface area contributed by atoms with E-state index in [0.29, 0.717) is 5.01 Å². The quantitative estimate of drug-likeness (QED) is 0.212. The van der Waals surface area contributed by atoms with Crippen LogP contribution in [0.5, 0.6) is 0 Å². The number of hydrogen-bond acceptors (Lipinski definition) is 11. The summed E-state index contributed by atoms with van der Waals surface area (Å²) in [7, 11) is 1.10. The lowest BCUT2D eigenvalue weighted by atomic mass is 9.95. The highest BCUT2D eigenvalue weighted by molar-refractivity contribution is 7.11. The van der Waals surface area contributed by atoms with Gasteiger partial charge in [-0.25, -0.2) is 32.1 Å². The molecule has 4 heterocycles. The first-order valence-corrected chi connectivity index (χ1v) is 14.2. The largest absolute Gasteiger partial charge is 0.479 e. The molecule has 2 aromatic rings. The Kier molecular flexibility index (Phi) is 8.54. The standard InChI is InChI=1S/C26H26ClF4N5O6S/c1-25(40,24(38)39)5-7-36-20-15(10-42-36)35(11-26(20,30)31)9-14-16(23(37)41-2)19(12-3-4-13(28)18(29)17(12)27)34-21(33-14)22-32-6-8-43-22/h3-4,6,8,15,19-20,40H,5,7,9-11H2,1-2H3,(H,33,34)(H,38,39)/t15-,19-,20+,25+/m0/s1. The number of ether oxygens (including phenoxy) is 1. The predicted octanol–water partition coefficient (Wildman–Crippen LogP) is 2.75. The molecule has 0 saturated carbocycles. The maximum Gasteiger partial charge on any atom is 0.338 e. The molecule has 232 valence electrons. The summed E-state index contributed by atoms with van der Waals surface area (Å²) >= 11 is 7.35. The van der Waals surface area contributed by atoms with Gasteiger partial charge in [0.15, 0.2) is 28.1 Å². The highest BCUT2D eigenvalue weighted by atomic mass is 35.5. The van der Waals surface area contributed by atoms with Crippen LogP contribution in [0.4, 0.5) is 17.6 Å². The summed E-state index contributed by atoms with van der Waals surface area (Å²) in [4.78, 5) is 40.1. The van der Waals surface area contributed by atoms with Crippen molar-refractivity contribution < 1.29 is 46.9 Å². The van der Waals surface area contributed by atoms with Crippen molar-refractivity contribution in [3.63, 3.8) is 0 Å². The third kappa shape index (κ3) is 5.86. The summed E-state index contributed by atoms with van der Waals surface area (Å²) in [5, 5.41) is 24.6. The van der Waals surface area contributed by atoms with Crippen molar-refractivity contribution >= 4 is 40.7 Å². The van der Waals surface area contributed by atoms with Crippen LogP contribution >= 0.6 is 22.9 Å². The van der Waals surface area contributed by atoms with Crippen molar-refractivity contribution in [2.24, 2.45) is 4.99 Å². The third-order valence-corrected chi connectivity index (χ3v) is 8.73. The highest BCUT2D eigenvalue weighted by Crippen LogP contribution is 2.42. The number of carbonyl (C=O) groups excluding carboxylic acids is 1. The van der Waals surface area contributed by atoms with Crippen LogP contribution in [0.15, 0.2) is 40.0 Å². The smallest absolute Gasteiger partial charge is 0.338 e. The number of alkyl halides is 2. The number of likely N-dealkylation sites (tertiary alicyclic amines) is 1. The second kappa shape index (κ2) is 11.7. The second-order valence-electron chi connectivity index (χ2n) is 10.4. The molecule has 3 N–H and O–H groups in total. The zero-order valence-corrected chi connectivity index (χ0v) is 24.3. The molecule has 0 radical (unpaired) electrons. The number of fused-ring (bicyclic) bond motifs is 1. The minimum absolute atomic E-state index is 0.0560. The molecule has 0 bridgehead atoms. The average molecular weight is 648 g/mol. The number of carboxylic acids is 1. The van der Waals surface area contributed by atoms with E-state index in [4.69, 9.17) is 21.2 Å². The van der Waals surface area contributed by atoms with Crippen LogP contribution in [0, 0.1) is 11.6 Å². The van der Waals surface area contributed by atoms with Gasteiger partial charge in [-0.15, -0.1) is 11.3 Å². The number of benzene rings is 1. The van der Waals surface area contributed by atoms with Crippen molar-refractivity contribution in [2.75, 3.05) is 33.4 Å². The monoisotopic (exact) mass is 647 g/mol. The number of nitrogens with one attached hydrogen (secondary N) is 1. The van der Waals surface area contributed by atoms with Gasteiger partial charge in [-0.05, 0) is 13.0 Å². The number of amidine groups is 1. The summed E-state index contributed by atoms with van der Waals surface area (Å²) in [6, 6.07) is -1.67. The lowest BCUT2D eigenvalue weighted by Crippen LogP contribution is -2.47. The van der Waals surface area contributed by atoms with E-state index in [1.165, 1.54) is 28.5 Å². The summed E-state index contributed by atoms with van der Waals surface area (Å²) in [5.74, 6) is -8.14. The Morgan fingerprint density at radius 1 is 1.35 bits per heavy atom. The summed E-state index contributed by atoms with van der Waals surface area (Å²) in [6.45, 7) is -0.419. The molecule has 11 nitrogen and oxygen atoms in total. The van der Waals surface area contributed by atoms with Crippen LogP contribution in [0.3, 0.4) is 0 Å². The van der Waals surface area contributed by atoms with E-state index in [0.717, 1.165) is 25.2 Å². The lowest BCUT2D eigenvalue weighted by molar-refractivity contribution is -0.190. The number of aromatic nitrogens is 1. The van der Waals surface area contributed by atoms with E-state index in [9.17, 15) is 28.6 Å². The lowest BCUT2D eigenvalue weighted by Gasteiger charge is -2.30. The van der Waals surface area contributed by atoms with Gasteiger partial charge in [0.05, 0.1) is 36.9 Å². The number of aliphatic carboxylic acids is 1. The first kappa shape index (κ1) is 31.3. The van der Waals surface area contributed by atoms with Crippen molar-refractivity contribution in [3.8, 4) is 0 Å². The van der Waals surface area contributed by atoms with Crippen molar-refractivity contribution in [1.29, 1.82) is 0 Å². The van der Waals surface area contributed by atoms with Gasteiger partial charge in [-0.3, -0.25) is 14.7 Å². The summed E-state index contributed by atoms with van der Waals surface area (Å²) < 4.78 is 64.3. The minimum atomic E-state index is -3.33. The molecule has 0 unspecified atom stereocenters. The fourth-order valence-corrected chi connectivity index (χ4v) is 6.17. The van der Waals surface area contributed by atoms with E-state index >= 15 is 8.78 Å². The molecule has 2 saturated heterocycles. The van der Waals surface area contributed by atoms with Gasteiger partial charge in [-0.1, -0.05) is 17.7 Å². The van der Waals surface area contributed by atoms with E-state index < -0.39 is 64.8 Å². The molecule has 3 aliphatic rings. The molecule has 17 heteroatoms. The van der Waals surface area contributed by atoms with E-state index in [1.54, 1.807) is 5.38 Å².